The minimum absolute atomic E-state index is 0.0516. The number of nitrogen functional groups attached to an aromatic ring is 1. The number of hydrogen-bond acceptors (Lipinski definition) is 6. The van der Waals surface area contributed by atoms with Crippen LogP contribution in [0.3, 0.4) is 0 Å². The second kappa shape index (κ2) is 7.41. The Balaban J connectivity index is 2.00. The highest BCUT2D eigenvalue weighted by atomic mass is 32.2. The normalized spacial score (nSPS) is 12.1. The van der Waals surface area contributed by atoms with E-state index in [0.717, 1.165) is 12.1 Å². The molecule has 4 rings (SSSR count). The van der Waals surface area contributed by atoms with E-state index in [1.54, 1.807) is 29.9 Å². The molecule has 150 valence electrons. The second-order valence-corrected chi connectivity index (χ2v) is 8.44. The quantitative estimate of drug-likeness (QED) is 0.384. The molecule has 0 unspecified atom stereocenters. The number of hydrogen-bond donors (Lipinski definition) is 1. The van der Waals surface area contributed by atoms with E-state index in [0.29, 0.717) is 36.3 Å². The van der Waals surface area contributed by atoms with Crippen molar-refractivity contribution in [1.82, 2.24) is 14.5 Å². The molecule has 0 spiro atoms. The first-order chi connectivity index (χ1) is 13.9. The van der Waals surface area contributed by atoms with Gasteiger partial charge < -0.3 is 15.0 Å². The first-order valence-corrected chi connectivity index (χ1v) is 10.5. The van der Waals surface area contributed by atoms with Gasteiger partial charge in [-0.2, -0.15) is 0 Å². The monoisotopic (exact) mass is 414 g/mol. The van der Waals surface area contributed by atoms with Crippen LogP contribution in [0.15, 0.2) is 58.3 Å². The van der Waals surface area contributed by atoms with Crippen molar-refractivity contribution in [3.05, 3.63) is 54.3 Å². The Kier molecular flexibility index (Phi) is 4.93. The number of sulfone groups is 1. The largest absolute Gasteiger partial charge is 0.385 e. The molecule has 0 aliphatic heterocycles. The average Bonchev–Trinajstić information content (AvgIpc) is 2.98. The number of anilines is 1. The molecule has 0 amide bonds. The van der Waals surface area contributed by atoms with Crippen molar-refractivity contribution < 1.29 is 17.5 Å². The number of fused-ring (bicyclic) bond motifs is 2. The SMILES string of the molecule is COCCCn1c(N)c(S(=O)(=O)c2ccc(F)cc2)c2nc3ccccc3nc21. The fourth-order valence-corrected chi connectivity index (χ4v) is 4.79. The third kappa shape index (κ3) is 3.32. The van der Waals surface area contributed by atoms with E-state index in [9.17, 15) is 12.8 Å². The van der Waals surface area contributed by atoms with Crippen molar-refractivity contribution in [3.63, 3.8) is 0 Å². The molecule has 0 fully saturated rings. The van der Waals surface area contributed by atoms with Crippen LogP contribution in [0.4, 0.5) is 10.2 Å². The molecule has 0 aliphatic rings. The fourth-order valence-electron chi connectivity index (χ4n) is 3.28. The van der Waals surface area contributed by atoms with Crippen LogP contribution in [0.1, 0.15) is 6.42 Å². The highest BCUT2D eigenvalue weighted by Gasteiger charge is 2.30. The zero-order valence-corrected chi connectivity index (χ0v) is 16.5. The Morgan fingerprint density at radius 3 is 2.38 bits per heavy atom. The van der Waals surface area contributed by atoms with Gasteiger partial charge in [-0.1, -0.05) is 12.1 Å². The summed E-state index contributed by atoms with van der Waals surface area (Å²) in [5.41, 5.74) is 8.08. The Morgan fingerprint density at radius 2 is 1.72 bits per heavy atom. The lowest BCUT2D eigenvalue weighted by Gasteiger charge is -2.08. The Labute approximate surface area is 166 Å². The first kappa shape index (κ1) is 19.3. The second-order valence-electron chi connectivity index (χ2n) is 6.55. The van der Waals surface area contributed by atoms with E-state index < -0.39 is 15.7 Å². The van der Waals surface area contributed by atoms with Crippen LogP contribution in [0.25, 0.3) is 22.2 Å². The maximum absolute atomic E-state index is 13.4. The van der Waals surface area contributed by atoms with Crippen molar-refractivity contribution in [2.45, 2.75) is 22.8 Å². The number of benzene rings is 2. The van der Waals surface area contributed by atoms with Crippen LogP contribution in [0, 0.1) is 5.82 Å². The number of methoxy groups -OCH3 is 1. The lowest BCUT2D eigenvalue weighted by atomic mass is 10.3. The molecular weight excluding hydrogens is 395 g/mol. The molecule has 2 N–H and O–H groups in total. The predicted octanol–water partition coefficient (Wildman–Crippen LogP) is 3.18. The number of nitrogens with zero attached hydrogens (tertiary/aromatic N) is 3. The van der Waals surface area contributed by atoms with Crippen molar-refractivity contribution in [2.24, 2.45) is 0 Å². The van der Waals surface area contributed by atoms with Crippen molar-refractivity contribution in [1.29, 1.82) is 0 Å². The number of aryl methyl sites for hydroxylation is 1. The summed E-state index contributed by atoms with van der Waals surface area (Å²) in [5.74, 6) is -0.472. The van der Waals surface area contributed by atoms with Crippen LogP contribution in [0.2, 0.25) is 0 Å². The number of aromatic nitrogens is 3. The molecule has 9 heteroatoms. The molecule has 2 aromatic carbocycles. The van der Waals surface area contributed by atoms with E-state index in [4.69, 9.17) is 10.5 Å². The summed E-state index contributed by atoms with van der Waals surface area (Å²) in [7, 11) is -2.45. The maximum Gasteiger partial charge on any atom is 0.212 e. The van der Waals surface area contributed by atoms with Crippen LogP contribution < -0.4 is 5.73 Å². The van der Waals surface area contributed by atoms with Gasteiger partial charge in [-0.05, 0) is 42.8 Å². The van der Waals surface area contributed by atoms with Gasteiger partial charge >= 0.3 is 0 Å². The summed E-state index contributed by atoms with van der Waals surface area (Å²) in [6.45, 7) is 0.905. The van der Waals surface area contributed by atoms with Gasteiger partial charge in [0.1, 0.15) is 22.0 Å². The number of halogens is 1. The lowest BCUT2D eigenvalue weighted by Crippen LogP contribution is -2.09. The molecule has 2 heterocycles. The van der Waals surface area contributed by atoms with Crippen molar-refractivity contribution >= 4 is 37.9 Å². The molecule has 7 nitrogen and oxygen atoms in total. The molecule has 0 radical (unpaired) electrons. The molecule has 0 aliphatic carbocycles. The zero-order valence-electron chi connectivity index (χ0n) is 15.7. The molecule has 0 atom stereocenters. The molecule has 29 heavy (non-hydrogen) atoms. The highest BCUT2D eigenvalue weighted by molar-refractivity contribution is 7.92. The van der Waals surface area contributed by atoms with Gasteiger partial charge in [-0.25, -0.2) is 22.8 Å². The Morgan fingerprint density at radius 1 is 1.07 bits per heavy atom. The van der Waals surface area contributed by atoms with E-state index >= 15 is 0 Å². The standard InChI is InChI=1S/C20H19FN4O3S/c1-28-12-4-11-25-19(22)18(29(26,27)14-9-7-13(21)8-10-14)17-20(25)24-16-6-3-2-5-15(16)23-17/h2-3,5-10H,4,11-12,22H2,1H3. The molecule has 0 saturated heterocycles. The molecule has 0 bridgehead atoms. The minimum Gasteiger partial charge on any atom is -0.385 e. The minimum atomic E-state index is -4.04. The van der Waals surface area contributed by atoms with Gasteiger partial charge in [0.05, 0.1) is 15.9 Å². The molecule has 4 aromatic rings. The summed E-state index contributed by atoms with van der Waals surface area (Å²) in [4.78, 5) is 8.99. The Hall–Kier alpha value is -3.04. The predicted molar refractivity (Wildman–Crippen MR) is 108 cm³/mol. The fraction of sp³-hybridized carbons (Fsp3) is 0.200. The smallest absolute Gasteiger partial charge is 0.212 e. The summed E-state index contributed by atoms with van der Waals surface area (Å²) < 4.78 is 46.7. The maximum atomic E-state index is 13.4. The third-order valence-corrected chi connectivity index (χ3v) is 6.50. The topological polar surface area (TPSA) is 100 Å². The third-order valence-electron chi connectivity index (χ3n) is 4.67. The van der Waals surface area contributed by atoms with Crippen LogP contribution in [-0.2, 0) is 21.1 Å². The number of rotatable bonds is 6. The van der Waals surface area contributed by atoms with E-state index in [2.05, 4.69) is 9.97 Å². The summed E-state index contributed by atoms with van der Waals surface area (Å²) in [6, 6.07) is 11.8. The number of para-hydroxylation sites is 2. The van der Waals surface area contributed by atoms with Gasteiger partial charge in [0, 0.05) is 20.3 Å². The van der Waals surface area contributed by atoms with Gasteiger partial charge in [0.2, 0.25) is 9.84 Å². The Bertz CT molecular complexity index is 1300. The van der Waals surface area contributed by atoms with Gasteiger partial charge in [0.25, 0.3) is 0 Å². The highest BCUT2D eigenvalue weighted by Crippen LogP contribution is 2.35. The van der Waals surface area contributed by atoms with Crippen LogP contribution in [-0.4, -0.2) is 36.7 Å². The van der Waals surface area contributed by atoms with E-state index in [1.165, 1.54) is 12.1 Å². The van der Waals surface area contributed by atoms with Gasteiger partial charge in [-0.3, -0.25) is 0 Å². The zero-order chi connectivity index (χ0) is 20.6. The van der Waals surface area contributed by atoms with Crippen LogP contribution in [0.5, 0.6) is 0 Å². The first-order valence-electron chi connectivity index (χ1n) is 8.97. The summed E-state index contributed by atoms with van der Waals surface area (Å²) in [6.07, 6.45) is 0.620. The van der Waals surface area contributed by atoms with Crippen molar-refractivity contribution in [3.8, 4) is 0 Å². The van der Waals surface area contributed by atoms with E-state index in [-0.39, 0.29) is 21.1 Å². The molecule has 0 saturated carbocycles. The van der Waals surface area contributed by atoms with Crippen LogP contribution >= 0.6 is 0 Å². The van der Waals surface area contributed by atoms with E-state index in [1.807, 2.05) is 6.07 Å². The summed E-state index contributed by atoms with van der Waals surface area (Å²) >= 11 is 0. The average molecular weight is 414 g/mol. The lowest BCUT2D eigenvalue weighted by molar-refractivity contribution is 0.191. The molecule has 2 aromatic heterocycles. The van der Waals surface area contributed by atoms with Crippen molar-refractivity contribution in [2.75, 3.05) is 19.5 Å². The molecular formula is C20H19FN4O3S. The summed E-state index contributed by atoms with van der Waals surface area (Å²) in [5, 5.41) is 0. The van der Waals surface area contributed by atoms with Gasteiger partial charge in [-0.15, -0.1) is 0 Å². The number of nitrogens with two attached hydrogens (primary N) is 1. The van der Waals surface area contributed by atoms with Gasteiger partial charge in [0.15, 0.2) is 5.65 Å². The number of ether oxygens (including phenoxy) is 1.